The van der Waals surface area contributed by atoms with Crippen LogP contribution in [0.5, 0.6) is 5.75 Å². The summed E-state index contributed by atoms with van der Waals surface area (Å²) in [4.78, 5) is 1.70. The van der Waals surface area contributed by atoms with Gasteiger partial charge in [-0.3, -0.25) is 0 Å². The van der Waals surface area contributed by atoms with E-state index < -0.39 is 12.1 Å². The second-order valence-corrected chi connectivity index (χ2v) is 4.72. The SMILES string of the molecule is C=CC(CO)C(O)N(c1ccccc1)c1ccc(O)cc1. The molecule has 0 aliphatic carbocycles. The average Bonchev–Trinajstić information content (AvgIpc) is 2.52. The fourth-order valence-electron chi connectivity index (χ4n) is 2.14. The lowest BCUT2D eigenvalue weighted by molar-refractivity contribution is 0.0968. The molecular weight excluding hydrogens is 266 g/mol. The molecule has 0 heterocycles. The van der Waals surface area contributed by atoms with Crippen LogP contribution >= 0.6 is 0 Å². The minimum Gasteiger partial charge on any atom is -0.508 e. The van der Waals surface area contributed by atoms with Crippen LogP contribution in [0.4, 0.5) is 11.4 Å². The van der Waals surface area contributed by atoms with Gasteiger partial charge >= 0.3 is 0 Å². The average molecular weight is 285 g/mol. The number of rotatable bonds is 6. The Morgan fingerprint density at radius 1 is 1.00 bits per heavy atom. The molecular formula is C17H19NO3. The van der Waals surface area contributed by atoms with Gasteiger partial charge in [-0.15, -0.1) is 6.58 Å². The van der Waals surface area contributed by atoms with Gasteiger partial charge in [0.05, 0.1) is 6.61 Å². The number of anilines is 2. The van der Waals surface area contributed by atoms with E-state index in [2.05, 4.69) is 6.58 Å². The van der Waals surface area contributed by atoms with Crippen LogP contribution in [0, 0.1) is 5.92 Å². The van der Waals surface area contributed by atoms with Gasteiger partial charge in [0.2, 0.25) is 0 Å². The first-order chi connectivity index (χ1) is 10.2. The monoisotopic (exact) mass is 285 g/mol. The number of aliphatic hydroxyl groups is 2. The Balaban J connectivity index is 2.44. The Labute approximate surface area is 124 Å². The maximum Gasteiger partial charge on any atom is 0.139 e. The topological polar surface area (TPSA) is 63.9 Å². The Kier molecular flexibility index (Phi) is 4.98. The van der Waals surface area contributed by atoms with E-state index in [1.54, 1.807) is 29.2 Å². The van der Waals surface area contributed by atoms with E-state index in [0.717, 1.165) is 5.69 Å². The van der Waals surface area contributed by atoms with Gasteiger partial charge in [-0.1, -0.05) is 24.3 Å². The van der Waals surface area contributed by atoms with Crippen LogP contribution in [-0.4, -0.2) is 28.2 Å². The lowest BCUT2D eigenvalue weighted by Crippen LogP contribution is -2.38. The van der Waals surface area contributed by atoms with Gasteiger partial charge in [0.25, 0.3) is 0 Å². The molecule has 0 aliphatic heterocycles. The van der Waals surface area contributed by atoms with Crippen molar-refractivity contribution in [3.63, 3.8) is 0 Å². The van der Waals surface area contributed by atoms with Crippen molar-refractivity contribution in [2.24, 2.45) is 5.92 Å². The number of aromatic hydroxyl groups is 1. The van der Waals surface area contributed by atoms with E-state index in [-0.39, 0.29) is 12.4 Å². The molecule has 2 atom stereocenters. The van der Waals surface area contributed by atoms with E-state index in [4.69, 9.17) is 0 Å². The zero-order valence-electron chi connectivity index (χ0n) is 11.6. The standard InChI is InChI=1S/C17H19NO3/c1-2-13(12-19)17(21)18(14-6-4-3-5-7-14)15-8-10-16(20)11-9-15/h2-11,13,17,19-21H,1,12H2. The van der Waals surface area contributed by atoms with Crippen molar-refractivity contribution in [1.29, 1.82) is 0 Å². The first-order valence-corrected chi connectivity index (χ1v) is 6.72. The zero-order valence-corrected chi connectivity index (χ0v) is 11.6. The van der Waals surface area contributed by atoms with Crippen molar-refractivity contribution in [3.05, 3.63) is 67.3 Å². The predicted molar refractivity (Wildman–Crippen MR) is 83.5 cm³/mol. The van der Waals surface area contributed by atoms with Crippen molar-refractivity contribution in [3.8, 4) is 5.75 Å². The summed E-state index contributed by atoms with van der Waals surface area (Å²) in [5.41, 5.74) is 1.50. The number of para-hydroxylation sites is 1. The third-order valence-corrected chi connectivity index (χ3v) is 3.32. The van der Waals surface area contributed by atoms with Gasteiger partial charge in [0.1, 0.15) is 12.0 Å². The molecule has 21 heavy (non-hydrogen) atoms. The lowest BCUT2D eigenvalue weighted by Gasteiger charge is -2.33. The molecule has 2 aromatic carbocycles. The summed E-state index contributed by atoms with van der Waals surface area (Å²) in [6, 6.07) is 15.9. The van der Waals surface area contributed by atoms with Crippen molar-refractivity contribution in [1.82, 2.24) is 0 Å². The van der Waals surface area contributed by atoms with Crippen molar-refractivity contribution >= 4 is 11.4 Å². The number of phenolic OH excluding ortho intramolecular Hbond substituents is 1. The molecule has 2 unspecified atom stereocenters. The highest BCUT2D eigenvalue weighted by atomic mass is 16.3. The summed E-state index contributed by atoms with van der Waals surface area (Å²) in [6.45, 7) is 3.45. The number of benzene rings is 2. The van der Waals surface area contributed by atoms with Crippen LogP contribution in [-0.2, 0) is 0 Å². The van der Waals surface area contributed by atoms with Crippen LogP contribution in [0.3, 0.4) is 0 Å². The molecule has 0 saturated carbocycles. The largest absolute Gasteiger partial charge is 0.508 e. The van der Waals surface area contributed by atoms with Gasteiger partial charge in [-0.2, -0.15) is 0 Å². The molecule has 0 aromatic heterocycles. The van der Waals surface area contributed by atoms with E-state index in [0.29, 0.717) is 5.69 Å². The first kappa shape index (κ1) is 15.1. The van der Waals surface area contributed by atoms with E-state index >= 15 is 0 Å². The lowest BCUT2D eigenvalue weighted by atomic mass is 10.1. The summed E-state index contributed by atoms with van der Waals surface area (Å²) in [7, 11) is 0. The number of nitrogens with zero attached hydrogens (tertiary/aromatic N) is 1. The molecule has 0 bridgehead atoms. The van der Waals surface area contributed by atoms with Gasteiger partial charge in [-0.05, 0) is 36.4 Å². The highest BCUT2D eigenvalue weighted by Gasteiger charge is 2.24. The van der Waals surface area contributed by atoms with Gasteiger partial charge in [-0.25, -0.2) is 0 Å². The van der Waals surface area contributed by atoms with Gasteiger partial charge in [0, 0.05) is 17.3 Å². The van der Waals surface area contributed by atoms with Crippen LogP contribution in [0.25, 0.3) is 0 Å². The summed E-state index contributed by atoms with van der Waals surface area (Å²) in [5.74, 6) is -0.331. The molecule has 2 aromatic rings. The summed E-state index contributed by atoms with van der Waals surface area (Å²) in [5, 5.41) is 29.4. The van der Waals surface area contributed by atoms with Crippen LogP contribution in [0.1, 0.15) is 0 Å². The zero-order chi connectivity index (χ0) is 15.2. The fraction of sp³-hybridized carbons (Fsp3) is 0.176. The van der Waals surface area contributed by atoms with E-state index in [1.807, 2.05) is 30.3 Å². The van der Waals surface area contributed by atoms with Crippen LogP contribution in [0.15, 0.2) is 67.3 Å². The number of hydrogen-bond donors (Lipinski definition) is 3. The molecule has 0 radical (unpaired) electrons. The Morgan fingerprint density at radius 3 is 2.10 bits per heavy atom. The van der Waals surface area contributed by atoms with Crippen molar-refractivity contribution in [2.45, 2.75) is 6.23 Å². The Bertz CT molecular complexity index is 568. The summed E-state index contributed by atoms with van der Waals surface area (Å²) < 4.78 is 0. The summed E-state index contributed by atoms with van der Waals surface area (Å²) >= 11 is 0. The predicted octanol–water partition coefficient (Wildman–Crippen LogP) is 2.64. The number of hydrogen-bond acceptors (Lipinski definition) is 4. The second-order valence-electron chi connectivity index (χ2n) is 4.72. The molecule has 0 amide bonds. The summed E-state index contributed by atoms with van der Waals surface area (Å²) in [6.07, 6.45) is 0.570. The van der Waals surface area contributed by atoms with Crippen molar-refractivity contribution in [2.75, 3.05) is 11.5 Å². The van der Waals surface area contributed by atoms with Gasteiger partial charge in [0.15, 0.2) is 0 Å². The Morgan fingerprint density at radius 2 is 1.57 bits per heavy atom. The molecule has 0 saturated heterocycles. The molecule has 0 aliphatic rings. The number of phenols is 1. The third kappa shape index (κ3) is 3.42. The minimum absolute atomic E-state index is 0.156. The maximum absolute atomic E-state index is 10.6. The minimum atomic E-state index is -0.959. The smallest absolute Gasteiger partial charge is 0.139 e. The number of aliphatic hydroxyl groups excluding tert-OH is 2. The molecule has 110 valence electrons. The van der Waals surface area contributed by atoms with Crippen LogP contribution in [0.2, 0.25) is 0 Å². The maximum atomic E-state index is 10.6. The normalized spacial score (nSPS) is 13.4. The third-order valence-electron chi connectivity index (χ3n) is 3.32. The Hall–Kier alpha value is -2.30. The first-order valence-electron chi connectivity index (χ1n) is 6.72. The molecule has 2 rings (SSSR count). The molecule has 4 nitrogen and oxygen atoms in total. The van der Waals surface area contributed by atoms with Crippen molar-refractivity contribution < 1.29 is 15.3 Å². The molecule has 0 spiro atoms. The highest BCUT2D eigenvalue weighted by Crippen LogP contribution is 2.30. The van der Waals surface area contributed by atoms with Crippen LogP contribution < -0.4 is 4.90 Å². The van der Waals surface area contributed by atoms with E-state index in [1.165, 1.54) is 6.08 Å². The molecule has 4 heteroatoms. The fourth-order valence-corrected chi connectivity index (χ4v) is 2.14. The molecule has 3 N–H and O–H groups in total. The molecule has 0 fully saturated rings. The van der Waals surface area contributed by atoms with E-state index in [9.17, 15) is 15.3 Å². The second kappa shape index (κ2) is 6.92. The quantitative estimate of drug-likeness (QED) is 0.564. The highest BCUT2D eigenvalue weighted by molar-refractivity contribution is 5.64. The van der Waals surface area contributed by atoms with Gasteiger partial charge < -0.3 is 20.2 Å².